The molecule has 5 bridgehead atoms. The third-order valence-corrected chi connectivity index (χ3v) is 9.97. The highest BCUT2D eigenvalue weighted by Crippen LogP contribution is 2.48. The number of carbonyl (C=O) groups excluding carboxylic acids is 6. The van der Waals surface area contributed by atoms with E-state index in [0.29, 0.717) is 0 Å². The van der Waals surface area contributed by atoms with Crippen molar-refractivity contribution in [3.05, 3.63) is 70.2 Å². The van der Waals surface area contributed by atoms with Gasteiger partial charge in [-0.3, -0.25) is 28.8 Å². The van der Waals surface area contributed by atoms with Gasteiger partial charge in [-0.1, -0.05) is 45.9 Å². The molecule has 1 aromatic rings. The lowest BCUT2D eigenvalue weighted by Crippen LogP contribution is -2.47. The number of ether oxygens (including phenoxy) is 5. The molecule has 280 valence electrons. The fraction of sp³-hybridized carbons (Fsp3) is 0.474. The molecule has 0 aromatic heterocycles. The van der Waals surface area contributed by atoms with E-state index >= 15 is 0 Å². The van der Waals surface area contributed by atoms with Crippen LogP contribution in [-0.4, -0.2) is 83.2 Å². The number of rotatable bonds is 4. The smallest absolute Gasteiger partial charge is 0.312 e. The summed E-state index contributed by atoms with van der Waals surface area (Å²) < 4.78 is 28.6. The predicted octanol–water partition coefficient (Wildman–Crippen LogP) is 3.81. The van der Waals surface area contributed by atoms with Gasteiger partial charge in [0, 0.05) is 61.8 Å². The molecular formula is C38H45NO13. The lowest BCUT2D eigenvalue weighted by atomic mass is 9.78. The quantitative estimate of drug-likeness (QED) is 0.299. The van der Waals surface area contributed by atoms with Crippen LogP contribution in [0.1, 0.15) is 85.1 Å². The molecule has 0 saturated carbocycles. The van der Waals surface area contributed by atoms with E-state index in [2.05, 4.69) is 5.32 Å². The van der Waals surface area contributed by atoms with Crippen LogP contribution in [0.15, 0.2) is 47.9 Å². The maximum absolute atomic E-state index is 13.9. The van der Waals surface area contributed by atoms with Crippen LogP contribution in [0.5, 0.6) is 11.5 Å². The van der Waals surface area contributed by atoms with Crippen LogP contribution in [0.3, 0.4) is 0 Å². The number of aliphatic hydroxyl groups is 1. The summed E-state index contributed by atoms with van der Waals surface area (Å²) in [6.45, 7) is 12.6. The molecule has 9 atom stereocenters. The van der Waals surface area contributed by atoms with Crippen LogP contribution in [0, 0.1) is 30.6 Å². The second kappa shape index (κ2) is 15.7. The Morgan fingerprint density at radius 2 is 1.63 bits per heavy atom. The Kier molecular flexibility index (Phi) is 12.0. The van der Waals surface area contributed by atoms with Gasteiger partial charge in [0.1, 0.15) is 23.7 Å². The number of Topliss-reactive ketones (excluding diaryl/α,β-unsaturated/α-hetero) is 2. The van der Waals surface area contributed by atoms with Crippen molar-refractivity contribution in [2.45, 2.75) is 85.6 Å². The molecule has 14 heteroatoms. The van der Waals surface area contributed by atoms with Gasteiger partial charge in [-0.15, -0.1) is 0 Å². The van der Waals surface area contributed by atoms with Crippen molar-refractivity contribution in [2.24, 2.45) is 23.7 Å². The Morgan fingerprint density at radius 3 is 2.25 bits per heavy atom. The van der Waals surface area contributed by atoms with Crippen molar-refractivity contribution in [1.29, 1.82) is 0 Å². The molecule has 3 N–H and O–H groups in total. The molecule has 0 saturated heterocycles. The number of aliphatic hydroxyl groups excluding tert-OH is 1. The number of carbonyl (C=O) groups is 6. The fourth-order valence-electron chi connectivity index (χ4n) is 6.92. The number of hydrogen-bond donors (Lipinski definition) is 3. The fourth-order valence-corrected chi connectivity index (χ4v) is 6.92. The summed E-state index contributed by atoms with van der Waals surface area (Å²) in [6.07, 6.45) is 4.40. The Balaban J connectivity index is 1.85. The monoisotopic (exact) mass is 723 g/mol. The van der Waals surface area contributed by atoms with E-state index < -0.39 is 100 Å². The first-order chi connectivity index (χ1) is 24.4. The minimum absolute atomic E-state index is 0.000707. The number of fused-ring (bicyclic) bond motifs is 14. The van der Waals surface area contributed by atoms with Gasteiger partial charge in [-0.05, 0) is 19.9 Å². The van der Waals surface area contributed by atoms with E-state index in [9.17, 15) is 39.0 Å². The largest absolute Gasteiger partial charge is 0.507 e. The first-order valence-corrected chi connectivity index (χ1v) is 16.8. The second-order valence-corrected chi connectivity index (χ2v) is 13.6. The van der Waals surface area contributed by atoms with Crippen molar-refractivity contribution in [1.82, 2.24) is 5.32 Å². The maximum Gasteiger partial charge on any atom is 0.312 e. The highest BCUT2D eigenvalue weighted by Gasteiger charge is 2.51. The molecule has 0 radical (unpaired) electrons. The van der Waals surface area contributed by atoms with Crippen molar-refractivity contribution in [2.75, 3.05) is 7.11 Å². The third-order valence-electron chi connectivity index (χ3n) is 9.97. The van der Waals surface area contributed by atoms with Crippen molar-refractivity contribution < 1.29 is 62.7 Å². The highest BCUT2D eigenvalue weighted by atomic mass is 16.7. The maximum atomic E-state index is 13.9. The Bertz CT molecular complexity index is 1790. The summed E-state index contributed by atoms with van der Waals surface area (Å²) in [5.74, 6) is -9.14. The minimum atomic E-state index is -2.05. The highest BCUT2D eigenvalue weighted by molar-refractivity contribution is 6.30. The number of benzene rings is 1. The van der Waals surface area contributed by atoms with Gasteiger partial charge < -0.3 is 39.2 Å². The number of esters is 1. The summed E-state index contributed by atoms with van der Waals surface area (Å²) in [6, 6.07) is 0. The van der Waals surface area contributed by atoms with Crippen LogP contribution in [0.2, 0.25) is 0 Å². The summed E-state index contributed by atoms with van der Waals surface area (Å²) >= 11 is 0. The number of allylic oxidation sites excluding steroid dienone is 4. The lowest BCUT2D eigenvalue weighted by molar-refractivity contribution is -0.162. The predicted molar refractivity (Wildman–Crippen MR) is 184 cm³/mol. The molecular weight excluding hydrogens is 678 g/mol. The molecule has 9 unspecified atom stereocenters. The van der Waals surface area contributed by atoms with Gasteiger partial charge in [-0.2, -0.15) is 0 Å². The molecule has 1 aliphatic carbocycles. The summed E-state index contributed by atoms with van der Waals surface area (Å²) in [5, 5.41) is 25.1. The van der Waals surface area contributed by atoms with Crippen LogP contribution in [0.4, 0.5) is 0 Å². The molecule has 3 aliphatic heterocycles. The van der Waals surface area contributed by atoms with Crippen molar-refractivity contribution >= 4 is 35.7 Å². The molecule has 52 heavy (non-hydrogen) atoms. The molecule has 4 aliphatic rings. The zero-order valence-corrected chi connectivity index (χ0v) is 30.5. The van der Waals surface area contributed by atoms with E-state index in [4.69, 9.17) is 23.7 Å². The van der Waals surface area contributed by atoms with Crippen molar-refractivity contribution in [3.8, 4) is 11.5 Å². The lowest BCUT2D eigenvalue weighted by Gasteiger charge is -2.38. The van der Waals surface area contributed by atoms with E-state index in [1.807, 2.05) is 0 Å². The number of nitrogens with one attached hydrogen (secondary N) is 1. The molecule has 14 nitrogen and oxygen atoms in total. The number of hydrogen-bond acceptors (Lipinski definition) is 13. The molecule has 0 fully saturated rings. The number of amides is 1. The number of phenols is 1. The van der Waals surface area contributed by atoms with Crippen LogP contribution in [-0.2, 0) is 33.3 Å². The molecule has 1 amide bonds. The van der Waals surface area contributed by atoms with Crippen LogP contribution < -0.4 is 10.1 Å². The summed E-state index contributed by atoms with van der Waals surface area (Å²) in [4.78, 5) is 78.1. The normalized spacial score (nSPS) is 32.8. The molecule has 5 rings (SSSR count). The van der Waals surface area contributed by atoms with Crippen LogP contribution in [0.25, 0.3) is 0 Å². The summed E-state index contributed by atoms with van der Waals surface area (Å²) in [5.41, 5.74) is -1.39. The van der Waals surface area contributed by atoms with Gasteiger partial charge in [0.2, 0.25) is 5.78 Å². The number of phenolic OH excluding ortho intramolecular Hbond substituents is 1. The molecule has 1 aromatic carbocycles. The van der Waals surface area contributed by atoms with Gasteiger partial charge in [0.05, 0.1) is 40.9 Å². The van der Waals surface area contributed by atoms with E-state index in [1.54, 1.807) is 39.8 Å². The van der Waals surface area contributed by atoms with E-state index in [0.717, 1.165) is 12.3 Å². The average molecular weight is 724 g/mol. The van der Waals surface area contributed by atoms with Gasteiger partial charge in [0.15, 0.2) is 5.78 Å². The molecule has 0 spiro atoms. The first kappa shape index (κ1) is 39.7. The number of ketones is 3. The number of methoxy groups -OCH3 is 1. The second-order valence-electron chi connectivity index (χ2n) is 13.6. The first-order valence-electron chi connectivity index (χ1n) is 16.8. The van der Waals surface area contributed by atoms with E-state index in [1.165, 1.54) is 47.0 Å². The Hall–Kier alpha value is -5.08. The zero-order chi connectivity index (χ0) is 38.8. The number of aromatic hydroxyl groups is 1. The van der Waals surface area contributed by atoms with Crippen LogP contribution >= 0.6 is 0 Å². The summed E-state index contributed by atoms with van der Waals surface area (Å²) in [7, 11) is 1.41. The topological polar surface area (TPSA) is 201 Å². The Labute approximate surface area is 301 Å². The SMILES string of the molecule is COC1C=COC2(C)Oc3c(C)c(O)c4c(c3C2=O)C(=O)C=C(NC(=O)/C(C)=C\C=C/C(C)C(OC=O)C(C)C(O)C(C)C(OC(C)=O)C1C)C4=O. The van der Waals surface area contributed by atoms with Gasteiger partial charge in [-0.25, -0.2) is 0 Å². The van der Waals surface area contributed by atoms with Gasteiger partial charge >= 0.3 is 11.8 Å². The van der Waals surface area contributed by atoms with Gasteiger partial charge in [0.25, 0.3) is 18.2 Å². The third kappa shape index (κ3) is 7.44. The van der Waals surface area contributed by atoms with E-state index in [-0.39, 0.29) is 34.5 Å². The zero-order valence-electron chi connectivity index (χ0n) is 30.5. The molecule has 3 heterocycles. The Morgan fingerprint density at radius 1 is 0.981 bits per heavy atom. The average Bonchev–Trinajstić information content (AvgIpc) is 3.36. The van der Waals surface area contributed by atoms with Crippen molar-refractivity contribution in [3.63, 3.8) is 0 Å². The minimum Gasteiger partial charge on any atom is -0.507 e. The standard InChI is InChI=1S/C38H45NO13/c1-17-11-10-12-18(2)37(47)39-24-15-25(42)27-28(32(24)45)31(44)22(6)35-29(27)36(46)38(8,52-35)50-14-13-26(48-9)19(3)34(51-23(7)41)21(5)30(43)20(4)33(17)49-16-40/h10-17,19-21,26,30,33-34,43-44H,1-9H3,(H,39,47)/b11-10-,14-13?,18-12-.